The van der Waals surface area contributed by atoms with E-state index in [1.165, 1.54) is 0 Å². The fourth-order valence-corrected chi connectivity index (χ4v) is 10.0. The van der Waals surface area contributed by atoms with Gasteiger partial charge in [-0.3, -0.25) is 0 Å². The summed E-state index contributed by atoms with van der Waals surface area (Å²) in [4.78, 5) is 5.31. The highest BCUT2D eigenvalue weighted by Gasteiger charge is 2.30. The average Bonchev–Trinajstić information content (AvgIpc) is 4.01. The third-order valence-electron chi connectivity index (χ3n) is 11.3. The van der Waals surface area contributed by atoms with E-state index in [0.717, 1.165) is 103 Å². The van der Waals surface area contributed by atoms with Crippen molar-refractivity contribution < 1.29 is 0 Å². The zero-order chi connectivity index (χ0) is 36.9. The molecule has 4 heterocycles. The summed E-state index contributed by atoms with van der Waals surface area (Å²) in [6, 6.07) is 64.8. The van der Waals surface area contributed by atoms with Crippen molar-refractivity contribution in [3.8, 4) is 33.7 Å². The summed E-state index contributed by atoms with van der Waals surface area (Å²) >= 11 is 1.66. The van der Waals surface area contributed by atoms with Crippen LogP contribution in [0.25, 0.3) is 103 Å². The summed E-state index contributed by atoms with van der Waals surface area (Å²) in [5, 5.41) is 19.2. The van der Waals surface area contributed by atoms with Gasteiger partial charge >= 0.3 is 0 Å². The molecule has 12 aromatic rings. The highest BCUT2D eigenvalue weighted by molar-refractivity contribution is 7.21. The highest BCUT2D eigenvalue weighted by Crippen LogP contribution is 2.48. The molecule has 5 nitrogen and oxygen atoms in total. The zero-order valence-electron chi connectivity index (χ0n) is 29.9. The van der Waals surface area contributed by atoms with Crippen LogP contribution >= 0.6 is 11.3 Å². The van der Waals surface area contributed by atoms with Crippen molar-refractivity contribution in [2.45, 2.75) is 0 Å². The second kappa shape index (κ2) is 11.8. The number of nitriles is 1. The molecule has 0 bridgehead atoms. The highest BCUT2D eigenvalue weighted by atomic mass is 32.1. The largest absolute Gasteiger partial charge is 0.306 e. The second-order valence-corrected chi connectivity index (χ2v) is 15.3. The minimum Gasteiger partial charge on any atom is -0.306 e. The summed E-state index contributed by atoms with van der Waals surface area (Å²) < 4.78 is 8.24. The molecule has 0 aliphatic carbocycles. The molecule has 4 aromatic heterocycles. The Kier molecular flexibility index (Phi) is 6.50. The van der Waals surface area contributed by atoms with Crippen molar-refractivity contribution in [1.82, 2.24) is 18.7 Å². The van der Waals surface area contributed by atoms with Crippen molar-refractivity contribution in [2.75, 3.05) is 0 Å². The summed E-state index contributed by atoms with van der Waals surface area (Å²) in [5.74, 6) is 0. The lowest BCUT2D eigenvalue weighted by atomic mass is 10.0. The third-order valence-corrected chi connectivity index (χ3v) is 12.4. The van der Waals surface area contributed by atoms with Gasteiger partial charge in [0.15, 0.2) is 0 Å². The molecule has 8 aromatic carbocycles. The molecule has 0 radical (unpaired) electrons. The van der Waals surface area contributed by atoms with Crippen molar-refractivity contribution in [1.29, 1.82) is 5.26 Å². The first-order valence-corrected chi connectivity index (χ1v) is 19.5. The molecule has 0 saturated heterocycles. The van der Waals surface area contributed by atoms with Crippen LogP contribution in [0, 0.1) is 11.3 Å². The van der Waals surface area contributed by atoms with Crippen molar-refractivity contribution in [3.05, 3.63) is 181 Å². The number of thiazole rings is 1. The van der Waals surface area contributed by atoms with Gasteiger partial charge in [-0.15, -0.1) is 11.3 Å². The Labute approximate surface area is 324 Å². The van der Waals surface area contributed by atoms with E-state index in [9.17, 15) is 5.26 Å². The predicted molar refractivity (Wildman–Crippen MR) is 233 cm³/mol. The summed E-state index contributed by atoms with van der Waals surface area (Å²) in [5.41, 5.74) is 11.4. The minimum absolute atomic E-state index is 0.562. The molecule has 12 rings (SSSR count). The van der Waals surface area contributed by atoms with Gasteiger partial charge < -0.3 is 13.7 Å². The van der Waals surface area contributed by atoms with Crippen LogP contribution in [0.5, 0.6) is 0 Å². The molecular formula is C50H29N5S. The molecule has 0 amide bonds. The summed E-state index contributed by atoms with van der Waals surface area (Å²) in [7, 11) is 0. The molecule has 56 heavy (non-hydrogen) atoms. The van der Waals surface area contributed by atoms with E-state index < -0.39 is 0 Å². The second-order valence-electron chi connectivity index (χ2n) is 14.2. The first-order chi connectivity index (χ1) is 27.8. The van der Waals surface area contributed by atoms with E-state index in [1.807, 2.05) is 6.07 Å². The van der Waals surface area contributed by atoms with Gasteiger partial charge in [0.1, 0.15) is 11.1 Å². The Morgan fingerprint density at radius 1 is 0.411 bits per heavy atom. The lowest BCUT2D eigenvalue weighted by molar-refractivity contribution is 1.05. The minimum atomic E-state index is 0.562. The first kappa shape index (κ1) is 30.9. The van der Waals surface area contributed by atoms with E-state index in [1.54, 1.807) is 11.3 Å². The van der Waals surface area contributed by atoms with E-state index in [-0.39, 0.29) is 0 Å². The molecule has 0 atom stereocenters. The average molecular weight is 732 g/mol. The lowest BCUT2D eigenvalue weighted by Gasteiger charge is -2.25. The summed E-state index contributed by atoms with van der Waals surface area (Å²) in [6.45, 7) is 0. The van der Waals surface area contributed by atoms with Crippen LogP contribution in [0.4, 0.5) is 0 Å². The maximum atomic E-state index is 11.5. The molecule has 260 valence electrons. The smallest absolute Gasteiger partial charge is 0.126 e. The van der Waals surface area contributed by atoms with E-state index in [0.29, 0.717) is 5.56 Å². The first-order valence-electron chi connectivity index (χ1n) is 18.7. The van der Waals surface area contributed by atoms with Crippen LogP contribution in [-0.2, 0) is 0 Å². The van der Waals surface area contributed by atoms with Gasteiger partial charge in [0.2, 0.25) is 0 Å². The van der Waals surface area contributed by atoms with E-state index in [4.69, 9.17) is 4.98 Å². The van der Waals surface area contributed by atoms with Crippen LogP contribution in [0.1, 0.15) is 5.56 Å². The fraction of sp³-hybridized carbons (Fsp3) is 0. The predicted octanol–water partition coefficient (Wildman–Crippen LogP) is 13.1. The number of hydrogen-bond acceptors (Lipinski definition) is 3. The molecule has 0 N–H and O–H groups in total. The number of para-hydroxylation sites is 7. The number of aromatic nitrogens is 4. The fourth-order valence-electron chi connectivity index (χ4n) is 9.04. The molecule has 0 saturated carbocycles. The topological polar surface area (TPSA) is 51.5 Å². The van der Waals surface area contributed by atoms with Gasteiger partial charge in [-0.05, 0) is 54.6 Å². The Morgan fingerprint density at radius 2 is 0.768 bits per heavy atom. The maximum Gasteiger partial charge on any atom is 0.126 e. The molecule has 0 unspecified atom stereocenters. The molecule has 6 heteroatoms. The molecule has 0 aliphatic rings. The van der Waals surface area contributed by atoms with Crippen molar-refractivity contribution in [2.24, 2.45) is 0 Å². The Bertz CT molecular complexity index is 3430. The number of benzene rings is 8. The lowest BCUT2D eigenvalue weighted by Crippen LogP contribution is -2.12. The van der Waals surface area contributed by atoms with Crippen LogP contribution in [0.15, 0.2) is 176 Å². The van der Waals surface area contributed by atoms with Crippen molar-refractivity contribution >= 4 is 87.0 Å². The van der Waals surface area contributed by atoms with E-state index >= 15 is 0 Å². The van der Waals surface area contributed by atoms with Crippen LogP contribution in [0.2, 0.25) is 0 Å². The van der Waals surface area contributed by atoms with Gasteiger partial charge in [-0.2, -0.15) is 5.26 Å². The number of rotatable bonds is 4. The van der Waals surface area contributed by atoms with Gasteiger partial charge in [-0.1, -0.05) is 121 Å². The third kappa shape index (κ3) is 4.20. The van der Waals surface area contributed by atoms with Crippen LogP contribution < -0.4 is 0 Å². The molecule has 0 aliphatic heterocycles. The van der Waals surface area contributed by atoms with Crippen LogP contribution in [0.3, 0.4) is 0 Å². The quantitative estimate of drug-likeness (QED) is 0.181. The van der Waals surface area contributed by atoms with Gasteiger partial charge in [0, 0.05) is 37.9 Å². The van der Waals surface area contributed by atoms with Gasteiger partial charge in [0.25, 0.3) is 0 Å². The SMILES string of the molecule is N#Cc1cc(-c2nc3ccccc3s2)c(-n2c3ccccc3c3ccccc32)c(-n2c3ccccc3c3ccccc32)c1-n1c2ccccc2c2ccccc21. The normalized spacial score (nSPS) is 11.9. The van der Waals surface area contributed by atoms with Crippen LogP contribution in [-0.4, -0.2) is 18.7 Å². The standard InChI is InChI=1S/C50H29N5S/c51-30-31-29-38(50-52-39-21-7-14-28-46(39)56-50)48(54-42-24-10-3-17-34(42)35-18-4-11-25-43(35)54)49(55-44-26-12-5-19-36(44)37-20-6-13-27-45(37)55)47(31)53-40-22-8-1-15-32(40)33-16-2-9-23-41(33)53/h1-29H. The molecule has 0 spiro atoms. The number of hydrogen-bond donors (Lipinski definition) is 0. The zero-order valence-corrected chi connectivity index (χ0v) is 30.7. The Hall–Kier alpha value is -7.46. The van der Waals surface area contributed by atoms with Gasteiger partial charge in [-0.25, -0.2) is 4.98 Å². The number of nitrogens with zero attached hydrogens (tertiary/aromatic N) is 5. The van der Waals surface area contributed by atoms with Crippen molar-refractivity contribution in [3.63, 3.8) is 0 Å². The van der Waals surface area contributed by atoms with E-state index in [2.05, 4.69) is 190 Å². The maximum absolute atomic E-state index is 11.5. The number of fused-ring (bicyclic) bond motifs is 10. The molecular weight excluding hydrogens is 703 g/mol. The monoisotopic (exact) mass is 731 g/mol. The van der Waals surface area contributed by atoms with Gasteiger partial charge in [0.05, 0.1) is 65.9 Å². The summed E-state index contributed by atoms with van der Waals surface area (Å²) in [6.07, 6.45) is 0. The Balaban J connectivity index is 1.41. The molecule has 0 fully saturated rings. The Morgan fingerprint density at radius 3 is 1.18 bits per heavy atom.